The minimum atomic E-state index is -4.07. The summed E-state index contributed by atoms with van der Waals surface area (Å²) < 4.78 is 31.6. The molecule has 0 bridgehead atoms. The summed E-state index contributed by atoms with van der Waals surface area (Å²) in [5.41, 5.74) is -2.15. The highest BCUT2D eigenvalue weighted by Gasteiger charge is 2.16. The third kappa shape index (κ3) is 2.28. The second-order valence-electron chi connectivity index (χ2n) is 1.06. The lowest BCUT2D eigenvalue weighted by Crippen LogP contribution is -2.04. The van der Waals surface area contributed by atoms with E-state index in [-0.39, 0.29) is 0 Å². The molecular formula is C3H4ClFO2S. The largest absolute Gasteiger partial charge is 0.268 e. The molecule has 0 aliphatic heterocycles. The lowest BCUT2D eigenvalue weighted by atomic mass is 10.7. The van der Waals surface area contributed by atoms with Crippen LogP contribution in [0.1, 0.15) is 0 Å². The van der Waals surface area contributed by atoms with Crippen molar-refractivity contribution in [3.05, 3.63) is 12.7 Å². The SMILES string of the molecule is C=CC(F)S(=O)(=O)Cl. The lowest BCUT2D eigenvalue weighted by Gasteiger charge is -1.91. The first-order valence-corrected chi connectivity index (χ1v) is 4.06. The Balaban J connectivity index is 4.26. The molecule has 0 saturated heterocycles. The van der Waals surface area contributed by atoms with E-state index in [1.165, 1.54) is 0 Å². The summed E-state index contributed by atoms with van der Waals surface area (Å²) in [5, 5.41) is 0. The van der Waals surface area contributed by atoms with Crippen molar-refractivity contribution < 1.29 is 12.8 Å². The quantitative estimate of drug-likeness (QED) is 0.445. The normalized spacial score (nSPS) is 15.2. The number of hydrogen-bond acceptors (Lipinski definition) is 2. The predicted octanol–water partition coefficient (Wildman–Crippen LogP) is 1.04. The fraction of sp³-hybridized carbons (Fsp3) is 0.333. The van der Waals surface area contributed by atoms with Gasteiger partial charge in [0.2, 0.25) is 5.50 Å². The Bertz CT molecular complexity index is 174. The van der Waals surface area contributed by atoms with Gasteiger partial charge < -0.3 is 0 Å². The van der Waals surface area contributed by atoms with Crippen molar-refractivity contribution in [1.82, 2.24) is 0 Å². The van der Waals surface area contributed by atoms with Gasteiger partial charge in [0.15, 0.2) is 0 Å². The van der Waals surface area contributed by atoms with Crippen molar-refractivity contribution in [3.8, 4) is 0 Å². The van der Waals surface area contributed by atoms with Crippen LogP contribution in [0.3, 0.4) is 0 Å². The van der Waals surface area contributed by atoms with Crippen molar-refractivity contribution in [2.75, 3.05) is 0 Å². The van der Waals surface area contributed by atoms with Crippen LogP contribution in [0.2, 0.25) is 0 Å². The van der Waals surface area contributed by atoms with E-state index >= 15 is 0 Å². The van der Waals surface area contributed by atoms with Gasteiger partial charge in [0, 0.05) is 10.7 Å². The van der Waals surface area contributed by atoms with Crippen LogP contribution in [-0.4, -0.2) is 13.9 Å². The third-order valence-electron chi connectivity index (χ3n) is 0.454. The molecule has 5 heteroatoms. The van der Waals surface area contributed by atoms with Crippen LogP contribution in [0.5, 0.6) is 0 Å². The van der Waals surface area contributed by atoms with Crippen molar-refractivity contribution in [3.63, 3.8) is 0 Å². The summed E-state index contributed by atoms with van der Waals surface area (Å²) in [6, 6.07) is 0. The molecule has 0 heterocycles. The Morgan fingerprint density at radius 2 is 2.12 bits per heavy atom. The zero-order valence-electron chi connectivity index (χ0n) is 3.84. The average Bonchev–Trinajstić information content (AvgIpc) is 1.62. The highest BCUT2D eigenvalue weighted by molar-refractivity contribution is 8.14. The molecule has 0 aromatic rings. The van der Waals surface area contributed by atoms with E-state index in [1.54, 1.807) is 0 Å². The molecule has 0 N–H and O–H groups in total. The molecule has 48 valence electrons. The standard InChI is InChI=1S/C3H4ClFO2S/c1-2-3(5)8(4,6)7/h2-3H,1H2. The van der Waals surface area contributed by atoms with Gasteiger partial charge in [-0.15, -0.1) is 0 Å². The zero-order valence-corrected chi connectivity index (χ0v) is 5.41. The number of halogens is 2. The summed E-state index contributed by atoms with van der Waals surface area (Å²) in [4.78, 5) is 0. The Morgan fingerprint density at radius 1 is 1.75 bits per heavy atom. The summed E-state index contributed by atoms with van der Waals surface area (Å²) in [5.74, 6) is 0. The van der Waals surface area contributed by atoms with Gasteiger partial charge in [-0.05, 0) is 6.08 Å². The summed E-state index contributed by atoms with van der Waals surface area (Å²) in [6.07, 6.45) is 0.613. The Hall–Kier alpha value is -0.0900. The van der Waals surface area contributed by atoms with E-state index in [2.05, 4.69) is 17.3 Å². The molecule has 0 aliphatic carbocycles. The van der Waals surface area contributed by atoms with E-state index < -0.39 is 14.6 Å². The van der Waals surface area contributed by atoms with E-state index in [4.69, 9.17) is 0 Å². The van der Waals surface area contributed by atoms with Crippen molar-refractivity contribution >= 4 is 19.7 Å². The van der Waals surface area contributed by atoms with Crippen molar-refractivity contribution in [2.24, 2.45) is 0 Å². The molecule has 0 spiro atoms. The molecule has 0 rings (SSSR count). The molecule has 1 unspecified atom stereocenters. The molecule has 0 fully saturated rings. The van der Waals surface area contributed by atoms with Gasteiger partial charge in [0.25, 0.3) is 9.05 Å². The van der Waals surface area contributed by atoms with Gasteiger partial charge in [-0.2, -0.15) is 0 Å². The minimum absolute atomic E-state index is 0.613. The van der Waals surface area contributed by atoms with E-state index in [1.807, 2.05) is 0 Å². The lowest BCUT2D eigenvalue weighted by molar-refractivity contribution is 0.482. The molecule has 2 nitrogen and oxygen atoms in total. The molecule has 0 amide bonds. The van der Waals surface area contributed by atoms with Crippen LogP contribution in [0.4, 0.5) is 4.39 Å². The van der Waals surface area contributed by atoms with Crippen LogP contribution in [0.15, 0.2) is 12.7 Å². The van der Waals surface area contributed by atoms with Crippen LogP contribution < -0.4 is 0 Å². The monoisotopic (exact) mass is 158 g/mol. The Labute approximate surface area is 51.4 Å². The molecule has 0 aromatic heterocycles. The smallest absolute Gasteiger partial charge is 0.224 e. The van der Waals surface area contributed by atoms with E-state index in [0.717, 1.165) is 0 Å². The first-order chi connectivity index (χ1) is 3.48. The maximum atomic E-state index is 11.8. The highest BCUT2D eigenvalue weighted by atomic mass is 35.7. The molecule has 0 saturated carbocycles. The molecular weight excluding hydrogens is 155 g/mol. The first kappa shape index (κ1) is 7.91. The van der Waals surface area contributed by atoms with Gasteiger partial charge >= 0.3 is 0 Å². The molecule has 0 aliphatic rings. The Morgan fingerprint density at radius 3 is 2.12 bits per heavy atom. The van der Waals surface area contributed by atoms with Gasteiger partial charge in [0.1, 0.15) is 0 Å². The first-order valence-electron chi connectivity index (χ1n) is 1.68. The average molecular weight is 159 g/mol. The van der Waals surface area contributed by atoms with Gasteiger partial charge in [-0.25, -0.2) is 12.8 Å². The summed E-state index contributed by atoms with van der Waals surface area (Å²) in [7, 11) is 0.444. The van der Waals surface area contributed by atoms with E-state index in [0.29, 0.717) is 6.08 Å². The highest BCUT2D eigenvalue weighted by Crippen LogP contribution is 2.08. The second-order valence-corrected chi connectivity index (χ2v) is 3.75. The van der Waals surface area contributed by atoms with Gasteiger partial charge in [0.05, 0.1) is 0 Å². The van der Waals surface area contributed by atoms with Crippen molar-refractivity contribution in [2.45, 2.75) is 5.50 Å². The number of hydrogen-bond donors (Lipinski definition) is 0. The summed E-state index contributed by atoms with van der Waals surface area (Å²) >= 11 is 0. The molecule has 0 radical (unpaired) electrons. The third-order valence-corrected chi connectivity index (χ3v) is 1.70. The van der Waals surface area contributed by atoms with Gasteiger partial charge in [-0.1, -0.05) is 6.58 Å². The van der Waals surface area contributed by atoms with Gasteiger partial charge in [-0.3, -0.25) is 0 Å². The maximum absolute atomic E-state index is 11.8. The van der Waals surface area contributed by atoms with Crippen LogP contribution >= 0.6 is 10.7 Å². The topological polar surface area (TPSA) is 34.1 Å². The van der Waals surface area contributed by atoms with Crippen molar-refractivity contribution in [1.29, 1.82) is 0 Å². The maximum Gasteiger partial charge on any atom is 0.268 e. The second kappa shape index (κ2) is 2.46. The fourth-order valence-corrected chi connectivity index (χ4v) is 0.563. The summed E-state index contributed by atoms with van der Waals surface area (Å²) in [6.45, 7) is 2.89. The number of alkyl halides is 1. The number of rotatable bonds is 2. The molecule has 8 heavy (non-hydrogen) atoms. The van der Waals surface area contributed by atoms with Crippen LogP contribution in [0, 0.1) is 0 Å². The van der Waals surface area contributed by atoms with Crippen LogP contribution in [0.25, 0.3) is 0 Å². The molecule has 0 aromatic carbocycles. The predicted molar refractivity (Wildman–Crippen MR) is 29.9 cm³/mol. The Kier molecular flexibility index (Phi) is 2.43. The fourth-order valence-electron chi connectivity index (χ4n) is 0.115. The van der Waals surface area contributed by atoms with Crippen LogP contribution in [-0.2, 0) is 9.05 Å². The minimum Gasteiger partial charge on any atom is -0.224 e. The molecule has 1 atom stereocenters. The van der Waals surface area contributed by atoms with E-state index in [9.17, 15) is 12.8 Å². The zero-order chi connectivity index (χ0) is 6.78.